The summed E-state index contributed by atoms with van der Waals surface area (Å²) in [5.74, 6) is 0. The summed E-state index contributed by atoms with van der Waals surface area (Å²) in [7, 11) is 0. The van der Waals surface area contributed by atoms with Crippen molar-refractivity contribution in [2.75, 3.05) is 12.3 Å². The van der Waals surface area contributed by atoms with Crippen LogP contribution in [0.3, 0.4) is 0 Å². The maximum Gasteiger partial charge on any atom is 0.0366 e. The highest BCUT2D eigenvalue weighted by Gasteiger charge is 2.27. The van der Waals surface area contributed by atoms with E-state index in [0.29, 0.717) is 0 Å². The molecule has 2 aromatic carbocycles. The molecule has 3 rings (SSSR count). The van der Waals surface area contributed by atoms with Crippen molar-refractivity contribution in [2.24, 2.45) is 0 Å². The summed E-state index contributed by atoms with van der Waals surface area (Å²) in [6, 6.07) is 13.6. The van der Waals surface area contributed by atoms with E-state index < -0.39 is 0 Å². The van der Waals surface area contributed by atoms with Gasteiger partial charge in [0.1, 0.15) is 0 Å². The van der Waals surface area contributed by atoms with Gasteiger partial charge in [0.05, 0.1) is 0 Å². The van der Waals surface area contributed by atoms with Gasteiger partial charge in [-0.15, -0.1) is 0 Å². The fourth-order valence-electron chi connectivity index (χ4n) is 2.60. The Morgan fingerprint density at radius 3 is 2.44 bits per heavy atom. The van der Waals surface area contributed by atoms with Crippen molar-refractivity contribution in [1.29, 1.82) is 0 Å². The lowest BCUT2D eigenvalue weighted by Gasteiger charge is -2.21. The molecular formula is C16H20N2. The molecule has 1 saturated carbocycles. The molecule has 0 heterocycles. The van der Waals surface area contributed by atoms with Gasteiger partial charge in [-0.2, -0.15) is 0 Å². The number of hydrogen-bond donors (Lipinski definition) is 1. The Morgan fingerprint density at radius 1 is 1.17 bits per heavy atom. The van der Waals surface area contributed by atoms with Gasteiger partial charge >= 0.3 is 0 Å². The number of fused-ring (bicyclic) bond motifs is 1. The molecule has 0 bridgehead atoms. The van der Waals surface area contributed by atoms with Crippen molar-refractivity contribution < 1.29 is 0 Å². The first-order chi connectivity index (χ1) is 8.78. The van der Waals surface area contributed by atoms with Crippen LogP contribution < -0.4 is 5.73 Å². The normalized spacial score (nSPS) is 15.4. The minimum absolute atomic E-state index is 0.792. The SMILES string of the molecule is CCN(Cc1cc2ccccc2cc1N)C1CC1. The molecule has 2 aromatic rings. The first-order valence-electron chi connectivity index (χ1n) is 6.79. The molecule has 94 valence electrons. The molecule has 1 aliphatic rings. The zero-order valence-corrected chi connectivity index (χ0v) is 10.9. The van der Waals surface area contributed by atoms with Gasteiger partial charge in [0.15, 0.2) is 0 Å². The van der Waals surface area contributed by atoms with Crippen molar-refractivity contribution in [3.63, 3.8) is 0 Å². The van der Waals surface area contributed by atoms with Crippen LogP contribution in [0.2, 0.25) is 0 Å². The van der Waals surface area contributed by atoms with Crippen molar-refractivity contribution in [2.45, 2.75) is 32.4 Å². The van der Waals surface area contributed by atoms with Crippen LogP contribution in [-0.4, -0.2) is 17.5 Å². The van der Waals surface area contributed by atoms with Crippen molar-refractivity contribution in [1.82, 2.24) is 4.90 Å². The monoisotopic (exact) mass is 240 g/mol. The van der Waals surface area contributed by atoms with Gasteiger partial charge in [-0.3, -0.25) is 4.90 Å². The molecule has 0 unspecified atom stereocenters. The number of nitrogen functional groups attached to an aromatic ring is 1. The van der Waals surface area contributed by atoms with Crippen LogP contribution in [-0.2, 0) is 6.54 Å². The Labute approximate surface area is 108 Å². The van der Waals surface area contributed by atoms with Gasteiger partial charge in [-0.25, -0.2) is 0 Å². The summed E-state index contributed by atoms with van der Waals surface area (Å²) in [5.41, 5.74) is 8.37. The van der Waals surface area contributed by atoms with Crippen LogP contribution in [0.15, 0.2) is 36.4 Å². The molecule has 18 heavy (non-hydrogen) atoms. The van der Waals surface area contributed by atoms with E-state index >= 15 is 0 Å². The molecule has 2 nitrogen and oxygen atoms in total. The van der Waals surface area contributed by atoms with Gasteiger partial charge in [-0.1, -0.05) is 31.2 Å². The van der Waals surface area contributed by atoms with E-state index in [1.165, 1.54) is 29.2 Å². The van der Waals surface area contributed by atoms with Crippen LogP contribution in [0, 0.1) is 0 Å². The summed E-state index contributed by atoms with van der Waals surface area (Å²) >= 11 is 0. The third kappa shape index (κ3) is 2.21. The highest BCUT2D eigenvalue weighted by atomic mass is 15.2. The third-order valence-electron chi connectivity index (χ3n) is 3.85. The third-order valence-corrected chi connectivity index (χ3v) is 3.85. The maximum absolute atomic E-state index is 6.18. The number of anilines is 1. The van der Waals surface area contributed by atoms with Crippen molar-refractivity contribution in [3.05, 3.63) is 42.0 Å². The lowest BCUT2D eigenvalue weighted by atomic mass is 10.0. The van der Waals surface area contributed by atoms with Crippen molar-refractivity contribution >= 4 is 16.5 Å². The highest BCUT2D eigenvalue weighted by Crippen LogP contribution is 2.30. The van der Waals surface area contributed by atoms with Crippen LogP contribution in [0.5, 0.6) is 0 Å². The Morgan fingerprint density at radius 2 is 1.83 bits per heavy atom. The van der Waals surface area contributed by atoms with Gasteiger partial charge < -0.3 is 5.73 Å². The second kappa shape index (κ2) is 4.62. The Bertz CT molecular complexity index is 558. The topological polar surface area (TPSA) is 29.3 Å². The number of hydrogen-bond acceptors (Lipinski definition) is 2. The molecule has 0 atom stereocenters. The smallest absolute Gasteiger partial charge is 0.0366 e. The van der Waals surface area contributed by atoms with Crippen LogP contribution in [0.25, 0.3) is 10.8 Å². The van der Waals surface area contributed by atoms with Gasteiger partial charge in [0, 0.05) is 18.3 Å². The molecule has 0 aromatic heterocycles. The fourth-order valence-corrected chi connectivity index (χ4v) is 2.60. The second-order valence-corrected chi connectivity index (χ2v) is 5.19. The molecule has 0 saturated heterocycles. The lowest BCUT2D eigenvalue weighted by Crippen LogP contribution is -2.25. The summed E-state index contributed by atoms with van der Waals surface area (Å²) in [5, 5.41) is 2.52. The molecule has 1 aliphatic carbocycles. The number of nitrogens with zero attached hydrogens (tertiary/aromatic N) is 1. The quantitative estimate of drug-likeness (QED) is 0.830. The van der Waals surface area contributed by atoms with E-state index in [9.17, 15) is 0 Å². The predicted molar refractivity (Wildman–Crippen MR) is 77.5 cm³/mol. The number of nitrogens with two attached hydrogens (primary N) is 1. The standard InChI is InChI=1S/C16H20N2/c1-2-18(15-7-8-15)11-14-9-12-5-3-4-6-13(12)10-16(14)17/h3-6,9-10,15H,2,7-8,11,17H2,1H3. The van der Waals surface area contributed by atoms with E-state index in [1.807, 2.05) is 0 Å². The Kier molecular flexibility index (Phi) is 2.96. The van der Waals surface area contributed by atoms with Gasteiger partial charge in [0.25, 0.3) is 0 Å². The van der Waals surface area contributed by atoms with Crippen LogP contribution in [0.1, 0.15) is 25.3 Å². The molecule has 2 heteroatoms. The minimum Gasteiger partial charge on any atom is -0.398 e. The summed E-state index contributed by atoms with van der Waals surface area (Å²) in [6.07, 6.45) is 2.70. The molecule has 1 fully saturated rings. The molecule has 0 amide bonds. The van der Waals surface area contributed by atoms with E-state index in [1.54, 1.807) is 0 Å². The number of rotatable bonds is 4. The van der Waals surface area contributed by atoms with E-state index in [4.69, 9.17) is 5.73 Å². The predicted octanol–water partition coefficient (Wildman–Crippen LogP) is 3.41. The van der Waals surface area contributed by atoms with Crippen LogP contribution in [0.4, 0.5) is 5.69 Å². The molecule has 0 radical (unpaired) electrons. The summed E-state index contributed by atoms with van der Waals surface area (Å²) in [6.45, 7) is 4.32. The Balaban J connectivity index is 1.92. The van der Waals surface area contributed by atoms with Gasteiger partial charge in [-0.05, 0) is 47.9 Å². The Hall–Kier alpha value is -1.54. The average Bonchev–Trinajstić information content (AvgIpc) is 3.20. The highest BCUT2D eigenvalue weighted by molar-refractivity contribution is 5.86. The molecule has 2 N–H and O–H groups in total. The van der Waals surface area contributed by atoms with E-state index in [2.05, 4.69) is 48.2 Å². The average molecular weight is 240 g/mol. The van der Waals surface area contributed by atoms with Crippen molar-refractivity contribution in [3.8, 4) is 0 Å². The van der Waals surface area contributed by atoms with E-state index in [0.717, 1.165) is 24.8 Å². The summed E-state index contributed by atoms with van der Waals surface area (Å²) < 4.78 is 0. The lowest BCUT2D eigenvalue weighted by molar-refractivity contribution is 0.270. The minimum atomic E-state index is 0.792. The summed E-state index contributed by atoms with van der Waals surface area (Å²) in [4.78, 5) is 2.53. The zero-order chi connectivity index (χ0) is 12.5. The first kappa shape index (κ1) is 11.5. The maximum atomic E-state index is 6.18. The molecule has 0 spiro atoms. The number of benzene rings is 2. The molecule has 0 aliphatic heterocycles. The fraction of sp³-hybridized carbons (Fsp3) is 0.375. The largest absolute Gasteiger partial charge is 0.398 e. The second-order valence-electron chi connectivity index (χ2n) is 5.19. The van der Waals surface area contributed by atoms with Crippen LogP contribution >= 0.6 is 0 Å². The zero-order valence-electron chi connectivity index (χ0n) is 10.9. The van der Waals surface area contributed by atoms with Gasteiger partial charge in [0.2, 0.25) is 0 Å². The first-order valence-corrected chi connectivity index (χ1v) is 6.79. The molecular weight excluding hydrogens is 220 g/mol. The van der Waals surface area contributed by atoms with E-state index in [-0.39, 0.29) is 0 Å².